The second-order valence-electron chi connectivity index (χ2n) is 4.35. The van der Waals surface area contributed by atoms with Crippen LogP contribution in [0.15, 0.2) is 30.3 Å². The van der Waals surface area contributed by atoms with Gasteiger partial charge in [0.05, 0.1) is 0 Å². The van der Waals surface area contributed by atoms with Crippen molar-refractivity contribution in [3.8, 4) is 0 Å². The van der Waals surface area contributed by atoms with E-state index < -0.39 is 17.4 Å². The van der Waals surface area contributed by atoms with E-state index in [0.717, 1.165) is 0 Å². The fraction of sp³-hybridized carbons (Fsp3) is 0.538. The van der Waals surface area contributed by atoms with Crippen LogP contribution in [0.1, 0.15) is 34.6 Å². The molecule has 0 unspecified atom stereocenters. The van der Waals surface area contributed by atoms with Crippen molar-refractivity contribution >= 4 is 17.4 Å². The molecule has 0 aliphatic heterocycles. The molecule has 0 radical (unpaired) electrons. The molecule has 0 heterocycles. The summed E-state index contributed by atoms with van der Waals surface area (Å²) in [5, 5.41) is 0. The Bertz CT molecular complexity index is 237. The van der Waals surface area contributed by atoms with E-state index in [1.54, 1.807) is 0 Å². The van der Waals surface area contributed by atoms with Gasteiger partial charge in [-0.2, -0.15) is 0 Å². The number of hydrogen-bond acceptors (Lipinski definition) is 0. The Morgan fingerprint density at radius 3 is 1.00 bits per heavy atom. The van der Waals surface area contributed by atoms with E-state index in [2.05, 4.69) is 54.4 Å². The molecule has 0 aliphatic carbocycles. The summed E-state index contributed by atoms with van der Waals surface area (Å²) in [7, 11) is 0. The average molecular weight is 303 g/mol. The van der Waals surface area contributed by atoms with Crippen molar-refractivity contribution in [2.24, 2.45) is 0 Å². The molecular weight excluding hydrogens is 278 g/mol. The Labute approximate surface area is 90.8 Å². The molecule has 1 heteroatoms. The van der Waals surface area contributed by atoms with Gasteiger partial charge in [0.1, 0.15) is 0 Å². The molecule has 0 aliphatic rings. The summed E-state index contributed by atoms with van der Waals surface area (Å²) < 4.78 is 6.49. The van der Waals surface area contributed by atoms with Crippen LogP contribution in [0.25, 0.3) is 0 Å². The molecule has 0 bridgehead atoms. The van der Waals surface area contributed by atoms with Gasteiger partial charge in [0.15, 0.2) is 0 Å². The average Bonchev–Trinajstić information content (AvgIpc) is 2.06. The van der Waals surface area contributed by atoms with Crippen LogP contribution in [0.4, 0.5) is 0 Å². The van der Waals surface area contributed by atoms with Gasteiger partial charge >= 0.3 is 91.0 Å². The molecule has 0 spiro atoms. The minimum absolute atomic E-state index is 1.20. The third-order valence-electron chi connectivity index (χ3n) is 4.16. The standard InChI is InChI=1S/3C3H5.2C2H5.Sb/c3*1-3-2;2*1-2;/h3*1H2,2H3;2*1H2,2H3;. The van der Waals surface area contributed by atoms with Crippen LogP contribution in [0.2, 0.25) is 8.73 Å². The number of hydrogen-bond donors (Lipinski definition) is 0. The Morgan fingerprint density at radius 1 is 0.786 bits per heavy atom. The predicted octanol–water partition coefficient (Wildman–Crippen LogP) is 4.77. The SMILES string of the molecule is C=[C](C)[Sb]([CH2]C)([CH2]C)([C](=C)C)[C](=C)C. The molecule has 0 aromatic rings. The van der Waals surface area contributed by atoms with Crippen molar-refractivity contribution in [2.75, 3.05) is 0 Å². The monoisotopic (exact) mass is 302 g/mol. The molecule has 0 N–H and O–H groups in total. The summed E-state index contributed by atoms with van der Waals surface area (Å²) in [4.78, 5) is 0. The van der Waals surface area contributed by atoms with Gasteiger partial charge in [-0.25, -0.2) is 0 Å². The van der Waals surface area contributed by atoms with E-state index in [0.29, 0.717) is 0 Å². The van der Waals surface area contributed by atoms with Crippen LogP contribution in [0, 0.1) is 0 Å². The second-order valence-corrected chi connectivity index (χ2v) is 23.1. The van der Waals surface area contributed by atoms with E-state index in [1.807, 2.05) is 0 Å². The van der Waals surface area contributed by atoms with Crippen molar-refractivity contribution in [3.05, 3.63) is 30.3 Å². The molecule has 0 fully saturated rings. The molecule has 0 aromatic heterocycles. The van der Waals surface area contributed by atoms with Crippen molar-refractivity contribution < 1.29 is 0 Å². The molecule has 0 saturated heterocycles. The topological polar surface area (TPSA) is 0 Å². The van der Waals surface area contributed by atoms with Crippen molar-refractivity contribution in [3.63, 3.8) is 0 Å². The van der Waals surface area contributed by atoms with Gasteiger partial charge in [0, 0.05) is 0 Å². The zero-order valence-corrected chi connectivity index (χ0v) is 13.0. The maximum atomic E-state index is 4.25. The zero-order chi connectivity index (χ0) is 11.6. The van der Waals surface area contributed by atoms with E-state index in [-0.39, 0.29) is 0 Å². The summed E-state index contributed by atoms with van der Waals surface area (Å²) in [6, 6.07) is 0. The first kappa shape index (κ1) is 14.0. The Hall–Kier alpha value is 0.0382. The molecule has 0 amide bonds. The van der Waals surface area contributed by atoms with Crippen molar-refractivity contribution in [1.82, 2.24) is 0 Å². The number of rotatable bonds is 5. The molecule has 82 valence electrons. The summed E-state index contributed by atoms with van der Waals surface area (Å²) in [5.41, 5.74) is 0. The van der Waals surface area contributed by atoms with Gasteiger partial charge in [-0.3, -0.25) is 0 Å². The van der Waals surface area contributed by atoms with Gasteiger partial charge in [0.25, 0.3) is 0 Å². The van der Waals surface area contributed by atoms with Gasteiger partial charge in [-0.1, -0.05) is 0 Å². The molecule has 14 heavy (non-hydrogen) atoms. The second kappa shape index (κ2) is 4.27. The Kier molecular flexibility index (Phi) is 4.28. The third-order valence-corrected chi connectivity index (χ3v) is 27.9. The van der Waals surface area contributed by atoms with Crippen LogP contribution < -0.4 is 0 Å². The maximum absolute atomic E-state index is 4.25. The van der Waals surface area contributed by atoms with Crippen molar-refractivity contribution in [1.29, 1.82) is 0 Å². The summed E-state index contributed by atoms with van der Waals surface area (Å²) in [6.07, 6.45) is 0. The molecule has 0 atom stereocenters. The molecule has 0 saturated carbocycles. The first-order valence-corrected chi connectivity index (χ1v) is 12.7. The van der Waals surface area contributed by atoms with Gasteiger partial charge in [-0.15, -0.1) is 0 Å². The molecular formula is C13H25Sb. The number of allylic oxidation sites excluding steroid dienone is 3. The first-order chi connectivity index (χ1) is 6.29. The van der Waals surface area contributed by atoms with Gasteiger partial charge < -0.3 is 0 Å². The molecule has 0 rings (SSSR count). The van der Waals surface area contributed by atoms with Crippen molar-refractivity contribution in [2.45, 2.75) is 43.4 Å². The Balaban J connectivity index is 5.98. The zero-order valence-electron chi connectivity index (χ0n) is 10.5. The van der Waals surface area contributed by atoms with Gasteiger partial charge in [0.2, 0.25) is 0 Å². The van der Waals surface area contributed by atoms with E-state index in [1.165, 1.54) is 19.3 Å². The van der Waals surface area contributed by atoms with E-state index >= 15 is 0 Å². The summed E-state index contributed by atoms with van der Waals surface area (Å²) >= 11 is -2.98. The third kappa shape index (κ3) is 1.43. The summed E-state index contributed by atoms with van der Waals surface area (Å²) in [5.74, 6) is 0. The minimum atomic E-state index is -2.98. The van der Waals surface area contributed by atoms with E-state index in [4.69, 9.17) is 0 Å². The quantitative estimate of drug-likeness (QED) is 0.641. The van der Waals surface area contributed by atoms with Crippen LogP contribution in [0.5, 0.6) is 0 Å². The Morgan fingerprint density at radius 2 is 1.00 bits per heavy atom. The fourth-order valence-electron chi connectivity index (χ4n) is 2.82. The van der Waals surface area contributed by atoms with Crippen LogP contribution >= 0.6 is 0 Å². The van der Waals surface area contributed by atoms with Crippen LogP contribution in [0.3, 0.4) is 0 Å². The predicted molar refractivity (Wildman–Crippen MR) is 71.2 cm³/mol. The first-order valence-electron chi connectivity index (χ1n) is 5.28. The normalized spacial score (nSPS) is 14.2. The summed E-state index contributed by atoms with van der Waals surface area (Å²) in [6.45, 7) is 23.9. The molecule has 0 aromatic carbocycles. The van der Waals surface area contributed by atoms with Crippen LogP contribution in [-0.4, -0.2) is 17.4 Å². The molecule has 0 nitrogen and oxygen atoms in total. The van der Waals surface area contributed by atoms with Gasteiger partial charge in [-0.05, 0) is 0 Å². The fourth-order valence-corrected chi connectivity index (χ4v) is 18.9. The van der Waals surface area contributed by atoms with Crippen LogP contribution in [-0.2, 0) is 0 Å². The van der Waals surface area contributed by atoms with E-state index in [9.17, 15) is 0 Å².